The van der Waals surface area contributed by atoms with E-state index in [0.29, 0.717) is 12.8 Å². The zero-order chi connectivity index (χ0) is 20.1. The van der Waals surface area contributed by atoms with Crippen molar-refractivity contribution in [1.29, 1.82) is 0 Å². The lowest BCUT2D eigenvalue weighted by Crippen LogP contribution is -2.56. The van der Waals surface area contributed by atoms with Gasteiger partial charge in [-0.25, -0.2) is 0 Å². The summed E-state index contributed by atoms with van der Waals surface area (Å²) in [4.78, 5) is 25.0. The molecule has 26 heavy (non-hydrogen) atoms. The van der Waals surface area contributed by atoms with Gasteiger partial charge in [-0.2, -0.15) is 0 Å². The summed E-state index contributed by atoms with van der Waals surface area (Å²) in [5.41, 5.74) is -2.17. The molecule has 5 heteroatoms. The first-order valence-electron chi connectivity index (χ1n) is 10.5. The topological polar surface area (TPSA) is 94.8 Å². The number of unbranched alkanes of at least 4 members (excludes halogenated alkanes) is 10. The van der Waals surface area contributed by atoms with Crippen LogP contribution in [0, 0.1) is 5.41 Å². The smallest absolute Gasteiger partial charge is 0.295 e. The van der Waals surface area contributed by atoms with Crippen LogP contribution in [0.25, 0.3) is 0 Å². The van der Waals surface area contributed by atoms with Gasteiger partial charge in [0, 0.05) is 12.8 Å². The second-order valence-electron chi connectivity index (χ2n) is 7.64. The average Bonchev–Trinajstić information content (AvgIpc) is 2.58. The Kier molecular flexibility index (Phi) is 13.0. The first-order valence-corrected chi connectivity index (χ1v) is 10.5. The summed E-state index contributed by atoms with van der Waals surface area (Å²) in [5.74, 6) is -4.49. The Hall–Kier alpha value is -0.780. The zero-order valence-electron chi connectivity index (χ0n) is 17.1. The molecule has 0 heterocycles. The van der Waals surface area contributed by atoms with Gasteiger partial charge < -0.3 is 15.3 Å². The number of hydrogen-bond acceptors (Lipinski definition) is 5. The van der Waals surface area contributed by atoms with Crippen molar-refractivity contribution < 1.29 is 24.9 Å². The van der Waals surface area contributed by atoms with Crippen LogP contribution < -0.4 is 0 Å². The molecule has 0 aromatic heterocycles. The first kappa shape index (κ1) is 25.2. The molecule has 0 amide bonds. The molecule has 0 bridgehead atoms. The highest BCUT2D eigenvalue weighted by atomic mass is 16.7. The van der Waals surface area contributed by atoms with E-state index in [0.717, 1.165) is 51.9 Å². The Bertz CT molecular complexity index is 400. The van der Waals surface area contributed by atoms with Crippen molar-refractivity contribution in [2.24, 2.45) is 5.41 Å². The number of carbonyl (C=O) groups excluding carboxylic acids is 2. The van der Waals surface area contributed by atoms with E-state index in [1.165, 1.54) is 19.3 Å². The lowest BCUT2D eigenvalue weighted by atomic mass is 9.75. The predicted molar refractivity (Wildman–Crippen MR) is 103 cm³/mol. The van der Waals surface area contributed by atoms with Crippen molar-refractivity contribution in [2.45, 2.75) is 117 Å². The SMILES string of the molecule is CCCCCCCCCC(=O)C(C)(C(=O)CCCCCCC)C(O)(O)O. The minimum atomic E-state index is -3.31. The van der Waals surface area contributed by atoms with Crippen molar-refractivity contribution in [3.8, 4) is 0 Å². The van der Waals surface area contributed by atoms with Crippen LogP contribution in [0.1, 0.15) is 111 Å². The lowest BCUT2D eigenvalue weighted by Gasteiger charge is -2.34. The van der Waals surface area contributed by atoms with Gasteiger partial charge in [0.1, 0.15) is 0 Å². The van der Waals surface area contributed by atoms with Gasteiger partial charge in [-0.05, 0) is 19.8 Å². The van der Waals surface area contributed by atoms with Gasteiger partial charge in [0.2, 0.25) is 0 Å². The molecule has 154 valence electrons. The third-order valence-corrected chi connectivity index (χ3v) is 5.30. The Morgan fingerprint density at radius 1 is 0.615 bits per heavy atom. The lowest BCUT2D eigenvalue weighted by molar-refractivity contribution is -0.351. The molecule has 0 aromatic rings. The highest BCUT2D eigenvalue weighted by Gasteiger charge is 2.55. The van der Waals surface area contributed by atoms with Gasteiger partial charge in [-0.15, -0.1) is 0 Å². The van der Waals surface area contributed by atoms with Gasteiger partial charge in [0.15, 0.2) is 17.0 Å². The van der Waals surface area contributed by atoms with E-state index < -0.39 is 23.0 Å². The second-order valence-corrected chi connectivity index (χ2v) is 7.64. The molecule has 0 aromatic carbocycles. The number of ketones is 2. The molecule has 0 rings (SSSR count). The first-order chi connectivity index (χ1) is 12.2. The summed E-state index contributed by atoms with van der Waals surface area (Å²) in [5, 5.41) is 29.1. The molecular weight excluding hydrogens is 332 g/mol. The Labute approximate surface area is 159 Å². The molecular formula is C21H40O5. The summed E-state index contributed by atoms with van der Waals surface area (Å²) in [6.45, 7) is 5.42. The maximum atomic E-state index is 12.5. The molecule has 0 saturated heterocycles. The highest BCUT2D eigenvalue weighted by molar-refractivity contribution is 6.07. The van der Waals surface area contributed by atoms with Crippen molar-refractivity contribution in [3.05, 3.63) is 0 Å². The molecule has 0 fully saturated rings. The second kappa shape index (κ2) is 13.4. The Morgan fingerprint density at radius 2 is 0.923 bits per heavy atom. The monoisotopic (exact) mass is 372 g/mol. The van der Waals surface area contributed by atoms with Crippen LogP contribution in [-0.2, 0) is 9.59 Å². The highest BCUT2D eigenvalue weighted by Crippen LogP contribution is 2.34. The fourth-order valence-electron chi connectivity index (χ4n) is 3.16. The molecule has 0 aliphatic heterocycles. The van der Waals surface area contributed by atoms with Gasteiger partial charge >= 0.3 is 0 Å². The number of Topliss-reactive ketones (excluding diaryl/α,β-unsaturated/α-hetero) is 2. The third-order valence-electron chi connectivity index (χ3n) is 5.30. The molecule has 0 radical (unpaired) electrons. The number of aliphatic hydroxyl groups is 3. The van der Waals surface area contributed by atoms with Gasteiger partial charge in [0.25, 0.3) is 5.97 Å². The Morgan fingerprint density at radius 3 is 1.23 bits per heavy atom. The summed E-state index contributed by atoms with van der Waals surface area (Å²) >= 11 is 0. The molecule has 0 spiro atoms. The van der Waals surface area contributed by atoms with Crippen LogP contribution in [-0.4, -0.2) is 32.9 Å². The quantitative estimate of drug-likeness (QED) is 0.201. The number of hydrogen-bond donors (Lipinski definition) is 3. The summed E-state index contributed by atoms with van der Waals surface area (Å²) in [7, 11) is 0. The number of carbonyl (C=O) groups is 2. The van der Waals surface area contributed by atoms with Gasteiger partial charge in [-0.1, -0.05) is 78.1 Å². The average molecular weight is 373 g/mol. The van der Waals surface area contributed by atoms with E-state index in [1.807, 2.05) is 0 Å². The van der Waals surface area contributed by atoms with Crippen LogP contribution in [0.3, 0.4) is 0 Å². The molecule has 1 unspecified atom stereocenters. The summed E-state index contributed by atoms with van der Waals surface area (Å²) in [6, 6.07) is 0. The fourth-order valence-corrected chi connectivity index (χ4v) is 3.16. The van der Waals surface area contributed by atoms with Crippen LogP contribution in [0.5, 0.6) is 0 Å². The Balaban J connectivity index is 4.50. The summed E-state index contributed by atoms with van der Waals surface area (Å²) in [6.07, 6.45) is 12.0. The van der Waals surface area contributed by atoms with Crippen LogP contribution >= 0.6 is 0 Å². The van der Waals surface area contributed by atoms with Gasteiger partial charge in [0.05, 0.1) is 0 Å². The van der Waals surface area contributed by atoms with E-state index in [2.05, 4.69) is 13.8 Å². The predicted octanol–water partition coefficient (Wildman–Crippen LogP) is 4.26. The fraction of sp³-hybridized carbons (Fsp3) is 0.905. The van der Waals surface area contributed by atoms with Crippen LogP contribution in [0.4, 0.5) is 0 Å². The van der Waals surface area contributed by atoms with Gasteiger partial charge in [-0.3, -0.25) is 9.59 Å². The van der Waals surface area contributed by atoms with E-state index in [9.17, 15) is 24.9 Å². The number of rotatable bonds is 17. The maximum absolute atomic E-state index is 12.5. The van der Waals surface area contributed by atoms with E-state index >= 15 is 0 Å². The largest absolute Gasteiger partial charge is 0.342 e. The zero-order valence-corrected chi connectivity index (χ0v) is 17.1. The van der Waals surface area contributed by atoms with E-state index in [-0.39, 0.29) is 12.8 Å². The minimum Gasteiger partial charge on any atom is -0.342 e. The van der Waals surface area contributed by atoms with E-state index in [1.54, 1.807) is 0 Å². The van der Waals surface area contributed by atoms with Crippen LogP contribution in [0.2, 0.25) is 0 Å². The minimum absolute atomic E-state index is 0.0758. The molecule has 0 saturated carbocycles. The van der Waals surface area contributed by atoms with Crippen molar-refractivity contribution in [1.82, 2.24) is 0 Å². The van der Waals surface area contributed by atoms with E-state index in [4.69, 9.17) is 0 Å². The van der Waals surface area contributed by atoms with Crippen LogP contribution in [0.15, 0.2) is 0 Å². The standard InChI is InChI=1S/C21H40O5/c1-4-6-8-10-11-13-15-17-19(23)20(3,21(24,25)26)18(22)16-14-12-9-7-5-2/h24-26H,4-17H2,1-3H3. The van der Waals surface area contributed by atoms with Crippen molar-refractivity contribution in [3.63, 3.8) is 0 Å². The maximum Gasteiger partial charge on any atom is 0.295 e. The third kappa shape index (κ3) is 8.74. The molecule has 1 atom stereocenters. The molecule has 0 aliphatic carbocycles. The molecule has 5 nitrogen and oxygen atoms in total. The molecule has 3 N–H and O–H groups in total. The summed E-state index contributed by atoms with van der Waals surface area (Å²) < 4.78 is 0. The van der Waals surface area contributed by atoms with Crippen molar-refractivity contribution >= 4 is 11.6 Å². The molecule has 0 aliphatic rings. The van der Waals surface area contributed by atoms with Crippen molar-refractivity contribution in [2.75, 3.05) is 0 Å². The normalized spacial score (nSPS) is 14.2.